The Bertz CT molecular complexity index is 1180. The maximum atomic E-state index is 12.4. The number of hydrogen-bond donors (Lipinski definition) is 4. The summed E-state index contributed by atoms with van der Waals surface area (Å²) < 4.78 is 10.5. The van der Waals surface area contributed by atoms with E-state index in [0.29, 0.717) is 11.3 Å². The molecule has 1 atom stereocenters. The van der Waals surface area contributed by atoms with Crippen LogP contribution in [0.1, 0.15) is 54.1 Å². The van der Waals surface area contributed by atoms with Gasteiger partial charge in [0.25, 0.3) is 0 Å². The molecule has 0 saturated carbocycles. The van der Waals surface area contributed by atoms with Gasteiger partial charge in [0.05, 0.1) is 0 Å². The van der Waals surface area contributed by atoms with Crippen molar-refractivity contribution < 1.29 is 64.7 Å². The molecule has 4 amide bonds. The van der Waals surface area contributed by atoms with Crippen LogP contribution in [0.4, 0.5) is 20.1 Å². The molecular formula is C27H35N4NaO7. The fraction of sp³-hybridized carbons (Fsp3) is 0.370. The standard InChI is InChI=1S/C27H34N4O7.Na.H/c1-26(2,3)37-24(35)30-21(31-25(36)38-27(4,5)6)18-12-14-19(15-13-18)28-23(34)29-20(22(32)33)16-17-10-8-7-9-11-17;;/h7-15,20H,16H2,1-6H3,(H,32,33)(H2,28,29,34)(H,30,31,35,36);;/q;+1;-1. The summed E-state index contributed by atoms with van der Waals surface area (Å²) in [4.78, 5) is 52.6. The number of carboxylic acids is 1. The zero-order valence-corrected chi connectivity index (χ0v) is 25.3. The molecule has 206 valence electrons. The van der Waals surface area contributed by atoms with Gasteiger partial charge in [0, 0.05) is 17.7 Å². The topological polar surface area (TPSA) is 155 Å². The third-order valence-corrected chi connectivity index (χ3v) is 4.52. The number of hydrogen-bond acceptors (Lipinski definition) is 6. The third kappa shape index (κ3) is 13.3. The van der Waals surface area contributed by atoms with E-state index in [4.69, 9.17) is 9.47 Å². The molecule has 4 N–H and O–H groups in total. The summed E-state index contributed by atoms with van der Waals surface area (Å²) in [6.07, 6.45) is -1.62. The molecule has 0 aromatic heterocycles. The van der Waals surface area contributed by atoms with E-state index in [1.54, 1.807) is 65.8 Å². The first-order valence-corrected chi connectivity index (χ1v) is 11.9. The molecule has 0 aliphatic heterocycles. The predicted octanol–water partition coefficient (Wildman–Crippen LogP) is 1.83. The van der Waals surface area contributed by atoms with Crippen molar-refractivity contribution in [3.8, 4) is 0 Å². The Morgan fingerprint density at radius 1 is 0.897 bits per heavy atom. The summed E-state index contributed by atoms with van der Waals surface area (Å²) in [5, 5.41) is 16.9. The van der Waals surface area contributed by atoms with Crippen LogP contribution in [-0.2, 0) is 20.7 Å². The van der Waals surface area contributed by atoms with Crippen molar-refractivity contribution in [2.45, 2.75) is 65.2 Å². The van der Waals surface area contributed by atoms with E-state index < -0.39 is 41.4 Å². The van der Waals surface area contributed by atoms with Crippen LogP contribution in [0.3, 0.4) is 0 Å². The van der Waals surface area contributed by atoms with Crippen LogP contribution in [0.5, 0.6) is 0 Å². The Morgan fingerprint density at radius 2 is 1.46 bits per heavy atom. The Hall–Kier alpha value is -3.41. The number of carboxylic acid groups (broad SMARTS) is 1. The monoisotopic (exact) mass is 550 g/mol. The van der Waals surface area contributed by atoms with E-state index in [1.807, 2.05) is 6.07 Å². The van der Waals surface area contributed by atoms with Gasteiger partial charge in [-0.25, -0.2) is 19.2 Å². The number of rotatable bonds is 6. The maximum Gasteiger partial charge on any atom is 1.00 e. The molecule has 0 radical (unpaired) electrons. The summed E-state index contributed by atoms with van der Waals surface area (Å²) in [6.45, 7) is 10.1. The molecule has 1 unspecified atom stereocenters. The number of ether oxygens (including phenoxy) is 2. The first kappa shape index (κ1) is 33.6. The van der Waals surface area contributed by atoms with Gasteiger partial charge in [-0.2, -0.15) is 4.99 Å². The van der Waals surface area contributed by atoms with Gasteiger partial charge in [0.15, 0.2) is 0 Å². The summed E-state index contributed by atoms with van der Waals surface area (Å²) >= 11 is 0. The quantitative estimate of drug-likeness (QED) is 0.243. The molecule has 0 saturated heterocycles. The molecule has 0 aliphatic rings. The minimum atomic E-state index is -1.17. The van der Waals surface area contributed by atoms with Gasteiger partial charge in [0.1, 0.15) is 23.1 Å². The Morgan fingerprint density at radius 3 is 1.97 bits per heavy atom. The molecule has 11 nitrogen and oxygen atoms in total. The van der Waals surface area contributed by atoms with Crippen molar-refractivity contribution in [2.24, 2.45) is 4.99 Å². The van der Waals surface area contributed by atoms with Crippen molar-refractivity contribution >= 4 is 35.7 Å². The number of carbonyl (C=O) groups excluding carboxylic acids is 3. The second-order valence-corrected chi connectivity index (χ2v) is 10.3. The number of aliphatic carboxylic acids is 1. The Kier molecular flexibility index (Phi) is 12.6. The van der Waals surface area contributed by atoms with Crippen molar-refractivity contribution in [2.75, 3.05) is 5.32 Å². The van der Waals surface area contributed by atoms with E-state index in [0.717, 1.165) is 5.56 Å². The molecule has 12 heteroatoms. The Labute approximate surface area is 251 Å². The van der Waals surface area contributed by atoms with Crippen molar-refractivity contribution in [3.05, 3.63) is 65.7 Å². The van der Waals surface area contributed by atoms with E-state index in [1.165, 1.54) is 24.3 Å². The number of nitrogens with zero attached hydrogens (tertiary/aromatic N) is 1. The largest absolute Gasteiger partial charge is 1.00 e. The third-order valence-electron chi connectivity index (χ3n) is 4.52. The summed E-state index contributed by atoms with van der Waals surface area (Å²) in [5.74, 6) is -1.28. The first-order chi connectivity index (χ1) is 17.6. The second kappa shape index (κ2) is 14.7. The average Bonchev–Trinajstić information content (AvgIpc) is 2.77. The number of aliphatic imine (C=N–C) groups is 1. The van der Waals surface area contributed by atoms with Crippen LogP contribution < -0.4 is 45.5 Å². The van der Waals surface area contributed by atoms with Gasteiger partial charge in [-0.3, -0.25) is 5.32 Å². The van der Waals surface area contributed by atoms with Crippen LogP contribution in [0, 0.1) is 0 Å². The van der Waals surface area contributed by atoms with Gasteiger partial charge >= 0.3 is 53.7 Å². The predicted molar refractivity (Wildman–Crippen MR) is 143 cm³/mol. The normalized spacial score (nSPS) is 12.3. The number of nitrogens with one attached hydrogen (secondary N) is 3. The van der Waals surface area contributed by atoms with E-state index in [9.17, 15) is 24.3 Å². The minimum absolute atomic E-state index is 0. The second-order valence-electron chi connectivity index (χ2n) is 10.3. The zero-order chi connectivity index (χ0) is 28.5. The smallest absolute Gasteiger partial charge is 1.00 e. The first-order valence-electron chi connectivity index (χ1n) is 11.9. The molecule has 0 fully saturated rings. The molecule has 0 bridgehead atoms. The molecule has 2 aromatic rings. The van der Waals surface area contributed by atoms with E-state index in [-0.39, 0.29) is 43.2 Å². The molecule has 39 heavy (non-hydrogen) atoms. The van der Waals surface area contributed by atoms with Crippen LogP contribution in [0.15, 0.2) is 59.6 Å². The van der Waals surface area contributed by atoms with Crippen LogP contribution in [0.25, 0.3) is 0 Å². The van der Waals surface area contributed by atoms with Crippen molar-refractivity contribution in [1.29, 1.82) is 0 Å². The van der Waals surface area contributed by atoms with Gasteiger partial charge < -0.3 is 26.6 Å². The molecule has 0 aliphatic carbocycles. The van der Waals surface area contributed by atoms with Crippen molar-refractivity contribution in [1.82, 2.24) is 10.6 Å². The van der Waals surface area contributed by atoms with Crippen LogP contribution in [0.2, 0.25) is 0 Å². The van der Waals surface area contributed by atoms with Gasteiger partial charge in [0.2, 0.25) is 0 Å². The molecule has 0 spiro atoms. The van der Waals surface area contributed by atoms with E-state index in [2.05, 4.69) is 20.9 Å². The maximum absolute atomic E-state index is 12.4. The fourth-order valence-corrected chi connectivity index (χ4v) is 3.03. The summed E-state index contributed by atoms with van der Waals surface area (Å²) in [7, 11) is 0. The van der Waals surface area contributed by atoms with Gasteiger partial charge in [-0.1, -0.05) is 30.3 Å². The zero-order valence-electron chi connectivity index (χ0n) is 24.3. The number of alkyl carbamates (subject to hydrolysis) is 1. The fourth-order valence-electron chi connectivity index (χ4n) is 3.03. The van der Waals surface area contributed by atoms with Gasteiger partial charge in [-0.05, 0) is 71.4 Å². The number of benzene rings is 2. The van der Waals surface area contributed by atoms with Gasteiger partial charge in [-0.15, -0.1) is 0 Å². The van der Waals surface area contributed by atoms with Crippen molar-refractivity contribution in [3.63, 3.8) is 0 Å². The number of anilines is 1. The Balaban J connectivity index is 0.00000760. The van der Waals surface area contributed by atoms with Crippen LogP contribution >= 0.6 is 0 Å². The van der Waals surface area contributed by atoms with E-state index >= 15 is 0 Å². The summed E-state index contributed by atoms with van der Waals surface area (Å²) in [6, 6.07) is 13.1. The molecule has 0 heterocycles. The van der Waals surface area contributed by atoms with Crippen LogP contribution in [-0.4, -0.2) is 52.4 Å². The average molecular weight is 551 g/mol. The number of carbonyl (C=O) groups is 4. The minimum Gasteiger partial charge on any atom is -1.00 e. The number of amidine groups is 1. The SMILES string of the molecule is CC(C)(C)OC(=O)N=C(NC(=O)OC(C)(C)C)c1ccc(NC(=O)NC(Cc2ccccc2)C(=O)O)cc1.[H-].[Na+]. The number of amides is 4. The summed E-state index contributed by atoms with van der Waals surface area (Å²) in [5.41, 5.74) is -0.146. The molecule has 2 aromatic carbocycles. The molecule has 2 rings (SSSR count). The molecular weight excluding hydrogens is 515 g/mol. The number of urea groups is 1.